The molecule has 0 aliphatic carbocycles. The largest absolute Gasteiger partial charge is 0.464 e. The Morgan fingerprint density at radius 3 is 3.07 bits per heavy atom. The fraction of sp³-hybridized carbons (Fsp3) is 0.200. The smallest absolute Gasteiger partial charge is 0.354 e. The van der Waals surface area contributed by atoms with Crippen molar-refractivity contribution < 1.29 is 14.3 Å². The normalized spacial score (nSPS) is 10.4. The predicted octanol–water partition coefficient (Wildman–Crippen LogP) is 1.40. The number of carbonyl (C=O) groups excluding carboxylic acids is 2. The second-order valence-electron chi connectivity index (χ2n) is 2.64. The second-order valence-corrected chi connectivity index (χ2v) is 2.64. The van der Waals surface area contributed by atoms with E-state index >= 15 is 0 Å². The van der Waals surface area contributed by atoms with Crippen molar-refractivity contribution in [2.24, 2.45) is 0 Å². The Hall–Kier alpha value is -1.84. The summed E-state index contributed by atoms with van der Waals surface area (Å²) >= 11 is 0. The zero-order valence-electron chi connectivity index (χ0n) is 7.82. The molecule has 74 valence electrons. The standard InChI is InChI=1S/C10H11NO3/c1-14-10(13)9-6-8(7-11-9)4-2-3-5-12/h2,4-7,11H,3H2,1H3. The van der Waals surface area contributed by atoms with Gasteiger partial charge in [0.2, 0.25) is 0 Å². The molecule has 4 heteroatoms. The van der Waals surface area contributed by atoms with Crippen molar-refractivity contribution in [3.05, 3.63) is 29.6 Å². The van der Waals surface area contributed by atoms with Gasteiger partial charge < -0.3 is 14.5 Å². The van der Waals surface area contributed by atoms with E-state index in [1.807, 2.05) is 0 Å². The first-order chi connectivity index (χ1) is 6.77. The third-order valence-corrected chi connectivity index (χ3v) is 1.65. The molecule has 0 fully saturated rings. The summed E-state index contributed by atoms with van der Waals surface area (Å²) < 4.78 is 4.52. The van der Waals surface area contributed by atoms with Crippen LogP contribution in [0.25, 0.3) is 6.08 Å². The second kappa shape index (κ2) is 5.01. The van der Waals surface area contributed by atoms with E-state index in [1.165, 1.54) is 7.11 Å². The third-order valence-electron chi connectivity index (χ3n) is 1.65. The average molecular weight is 193 g/mol. The van der Waals surface area contributed by atoms with E-state index in [9.17, 15) is 9.59 Å². The summed E-state index contributed by atoms with van der Waals surface area (Å²) in [6.45, 7) is 0. The van der Waals surface area contributed by atoms with Crippen molar-refractivity contribution in [3.63, 3.8) is 0 Å². The first kappa shape index (κ1) is 10.2. The molecule has 0 aliphatic rings. The van der Waals surface area contributed by atoms with Gasteiger partial charge in [-0.05, 0) is 11.6 Å². The minimum absolute atomic E-state index is 0.374. The van der Waals surface area contributed by atoms with Gasteiger partial charge in [-0.15, -0.1) is 0 Å². The number of aromatic nitrogens is 1. The number of aromatic amines is 1. The number of hydrogen-bond donors (Lipinski definition) is 1. The molecule has 0 bridgehead atoms. The number of H-pyrrole nitrogens is 1. The van der Waals surface area contributed by atoms with Crippen LogP contribution >= 0.6 is 0 Å². The van der Waals surface area contributed by atoms with Crippen LogP contribution in [0.15, 0.2) is 18.3 Å². The molecule has 0 spiro atoms. The van der Waals surface area contributed by atoms with Gasteiger partial charge in [-0.1, -0.05) is 12.2 Å². The van der Waals surface area contributed by atoms with E-state index in [4.69, 9.17) is 0 Å². The van der Waals surface area contributed by atoms with E-state index in [0.29, 0.717) is 12.1 Å². The molecule has 0 radical (unpaired) electrons. The molecule has 1 rings (SSSR count). The molecule has 0 saturated heterocycles. The Kier molecular flexibility index (Phi) is 3.67. The molecule has 0 unspecified atom stereocenters. The lowest BCUT2D eigenvalue weighted by Crippen LogP contribution is -2.00. The first-order valence-electron chi connectivity index (χ1n) is 4.15. The lowest BCUT2D eigenvalue weighted by molar-refractivity contribution is -0.107. The summed E-state index contributed by atoms with van der Waals surface area (Å²) in [5.74, 6) is -0.403. The topological polar surface area (TPSA) is 59.2 Å². The molecule has 1 N–H and O–H groups in total. The number of aldehydes is 1. The van der Waals surface area contributed by atoms with Crippen LogP contribution in [0.3, 0.4) is 0 Å². The van der Waals surface area contributed by atoms with Crippen molar-refractivity contribution in [2.45, 2.75) is 6.42 Å². The molecular weight excluding hydrogens is 182 g/mol. The van der Waals surface area contributed by atoms with Gasteiger partial charge >= 0.3 is 5.97 Å². The Labute approximate surface area is 81.6 Å². The summed E-state index contributed by atoms with van der Waals surface area (Å²) in [6.07, 6.45) is 6.34. The van der Waals surface area contributed by atoms with Gasteiger partial charge in [0.05, 0.1) is 7.11 Å². The van der Waals surface area contributed by atoms with Crippen molar-refractivity contribution in [2.75, 3.05) is 7.11 Å². The molecule has 0 aromatic carbocycles. The number of carbonyl (C=O) groups is 2. The number of allylic oxidation sites excluding steroid dienone is 1. The number of ether oxygens (including phenoxy) is 1. The predicted molar refractivity (Wildman–Crippen MR) is 51.8 cm³/mol. The highest BCUT2D eigenvalue weighted by Crippen LogP contribution is 2.06. The Morgan fingerprint density at radius 2 is 2.43 bits per heavy atom. The van der Waals surface area contributed by atoms with E-state index < -0.39 is 5.97 Å². The molecular formula is C10H11NO3. The first-order valence-corrected chi connectivity index (χ1v) is 4.15. The molecule has 0 saturated carbocycles. The van der Waals surface area contributed by atoms with Crippen molar-refractivity contribution >= 4 is 18.3 Å². The molecule has 0 aliphatic heterocycles. The number of hydrogen-bond acceptors (Lipinski definition) is 3. The number of esters is 1. The zero-order chi connectivity index (χ0) is 10.4. The molecule has 4 nitrogen and oxygen atoms in total. The lowest BCUT2D eigenvalue weighted by atomic mass is 10.2. The van der Waals surface area contributed by atoms with Gasteiger partial charge in [-0.25, -0.2) is 4.79 Å². The summed E-state index contributed by atoms with van der Waals surface area (Å²) in [5.41, 5.74) is 1.24. The molecule has 14 heavy (non-hydrogen) atoms. The van der Waals surface area contributed by atoms with Crippen LogP contribution in [0.5, 0.6) is 0 Å². The van der Waals surface area contributed by atoms with Gasteiger partial charge in [0, 0.05) is 12.6 Å². The average Bonchev–Trinajstić information content (AvgIpc) is 2.66. The Balaban J connectivity index is 2.68. The number of methoxy groups -OCH3 is 1. The lowest BCUT2D eigenvalue weighted by Gasteiger charge is -1.91. The quantitative estimate of drug-likeness (QED) is 0.580. The summed E-state index contributed by atoms with van der Waals surface area (Å²) in [6, 6.07) is 1.66. The van der Waals surface area contributed by atoms with Crippen LogP contribution in [0.4, 0.5) is 0 Å². The Morgan fingerprint density at radius 1 is 1.64 bits per heavy atom. The van der Waals surface area contributed by atoms with Crippen LogP contribution in [0.1, 0.15) is 22.5 Å². The maximum Gasteiger partial charge on any atom is 0.354 e. The van der Waals surface area contributed by atoms with Gasteiger partial charge in [-0.2, -0.15) is 0 Å². The molecule has 1 heterocycles. The van der Waals surface area contributed by atoms with Gasteiger partial charge in [0.25, 0.3) is 0 Å². The van der Waals surface area contributed by atoms with E-state index in [0.717, 1.165) is 11.8 Å². The Bertz CT molecular complexity index is 352. The fourth-order valence-corrected chi connectivity index (χ4v) is 0.995. The van der Waals surface area contributed by atoms with E-state index in [1.54, 1.807) is 24.4 Å². The highest BCUT2D eigenvalue weighted by atomic mass is 16.5. The van der Waals surface area contributed by atoms with Crippen LogP contribution in [0.2, 0.25) is 0 Å². The van der Waals surface area contributed by atoms with Crippen molar-refractivity contribution in [3.8, 4) is 0 Å². The van der Waals surface area contributed by atoms with Gasteiger partial charge in [-0.3, -0.25) is 0 Å². The van der Waals surface area contributed by atoms with Crippen LogP contribution < -0.4 is 0 Å². The molecule has 1 aromatic rings. The molecule has 1 aromatic heterocycles. The highest BCUT2D eigenvalue weighted by Gasteiger charge is 2.05. The van der Waals surface area contributed by atoms with E-state index in [-0.39, 0.29) is 0 Å². The third kappa shape index (κ3) is 2.58. The van der Waals surface area contributed by atoms with Crippen LogP contribution in [-0.4, -0.2) is 24.3 Å². The number of rotatable bonds is 4. The van der Waals surface area contributed by atoms with Crippen molar-refractivity contribution in [1.29, 1.82) is 0 Å². The molecule has 0 atom stereocenters. The van der Waals surface area contributed by atoms with Crippen molar-refractivity contribution in [1.82, 2.24) is 4.98 Å². The maximum atomic E-state index is 11.0. The fourth-order valence-electron chi connectivity index (χ4n) is 0.995. The van der Waals surface area contributed by atoms with Crippen LogP contribution in [-0.2, 0) is 9.53 Å². The summed E-state index contributed by atoms with van der Waals surface area (Å²) in [7, 11) is 1.32. The zero-order valence-corrected chi connectivity index (χ0v) is 7.82. The minimum atomic E-state index is -0.403. The summed E-state index contributed by atoms with van der Waals surface area (Å²) in [4.78, 5) is 23.8. The minimum Gasteiger partial charge on any atom is -0.464 e. The van der Waals surface area contributed by atoms with Crippen LogP contribution in [0, 0.1) is 0 Å². The maximum absolute atomic E-state index is 11.0. The SMILES string of the molecule is COC(=O)c1cc(C=CCC=O)c[nH]1. The molecule has 0 amide bonds. The summed E-state index contributed by atoms with van der Waals surface area (Å²) in [5, 5.41) is 0. The van der Waals surface area contributed by atoms with Gasteiger partial charge in [0.1, 0.15) is 12.0 Å². The van der Waals surface area contributed by atoms with E-state index in [2.05, 4.69) is 9.72 Å². The monoisotopic (exact) mass is 193 g/mol. The number of nitrogens with one attached hydrogen (secondary N) is 1. The highest BCUT2D eigenvalue weighted by molar-refractivity contribution is 5.88. The van der Waals surface area contributed by atoms with Gasteiger partial charge in [0.15, 0.2) is 0 Å².